The first-order valence-electron chi connectivity index (χ1n) is 7.40. The molecule has 0 saturated heterocycles. The summed E-state index contributed by atoms with van der Waals surface area (Å²) >= 11 is 3.11. The van der Waals surface area contributed by atoms with Crippen molar-refractivity contribution in [3.05, 3.63) is 58.1 Å². The van der Waals surface area contributed by atoms with Crippen LogP contribution >= 0.6 is 23.1 Å². The Morgan fingerprint density at radius 3 is 3.00 bits per heavy atom. The van der Waals surface area contributed by atoms with Crippen LogP contribution < -0.4 is 5.32 Å². The van der Waals surface area contributed by atoms with Crippen LogP contribution in [0.4, 0.5) is 0 Å². The first-order chi connectivity index (χ1) is 11.7. The number of hydrogen-bond donors (Lipinski definition) is 1. The molecule has 0 fully saturated rings. The highest BCUT2D eigenvalue weighted by Gasteiger charge is 2.12. The molecule has 3 aromatic rings. The summed E-state index contributed by atoms with van der Waals surface area (Å²) in [5.74, 6) is 1.63. The average molecular weight is 360 g/mol. The fraction of sp³-hybridized carbons (Fsp3) is 0.250. The molecule has 0 saturated carbocycles. The van der Waals surface area contributed by atoms with Gasteiger partial charge in [-0.15, -0.1) is 23.1 Å². The first kappa shape index (κ1) is 16.7. The summed E-state index contributed by atoms with van der Waals surface area (Å²) in [5.41, 5.74) is 0.654. The van der Waals surface area contributed by atoms with E-state index in [-0.39, 0.29) is 5.91 Å². The van der Waals surface area contributed by atoms with Gasteiger partial charge in [-0.1, -0.05) is 17.3 Å². The Kier molecular flexibility index (Phi) is 5.60. The number of thiazole rings is 1. The topological polar surface area (TPSA) is 80.9 Å². The van der Waals surface area contributed by atoms with Gasteiger partial charge < -0.3 is 9.84 Å². The van der Waals surface area contributed by atoms with Crippen LogP contribution in [0.25, 0.3) is 0 Å². The van der Waals surface area contributed by atoms with Crippen molar-refractivity contribution in [2.45, 2.75) is 24.0 Å². The van der Waals surface area contributed by atoms with E-state index < -0.39 is 0 Å². The lowest BCUT2D eigenvalue weighted by atomic mass is 10.2. The number of carbonyl (C=O) groups is 1. The van der Waals surface area contributed by atoms with E-state index in [4.69, 9.17) is 4.52 Å². The Labute approximate surface area is 147 Å². The van der Waals surface area contributed by atoms with Gasteiger partial charge in [0.05, 0.1) is 16.3 Å². The van der Waals surface area contributed by atoms with Crippen LogP contribution in [0.3, 0.4) is 0 Å². The Morgan fingerprint density at radius 2 is 2.25 bits per heavy atom. The second-order valence-electron chi connectivity index (χ2n) is 4.95. The van der Waals surface area contributed by atoms with Gasteiger partial charge in [0, 0.05) is 36.4 Å². The molecule has 0 spiro atoms. The summed E-state index contributed by atoms with van der Waals surface area (Å²) < 4.78 is 4.96. The van der Waals surface area contributed by atoms with Gasteiger partial charge in [0.1, 0.15) is 0 Å². The molecule has 2 heterocycles. The molecule has 0 atom stereocenters. The Hall–Kier alpha value is -2.19. The number of aryl methyl sites for hydroxylation is 1. The lowest BCUT2D eigenvalue weighted by Crippen LogP contribution is -2.26. The normalized spacial score (nSPS) is 10.7. The second kappa shape index (κ2) is 8.07. The molecule has 124 valence electrons. The van der Waals surface area contributed by atoms with E-state index in [2.05, 4.69) is 20.4 Å². The predicted molar refractivity (Wildman–Crippen MR) is 93.2 cm³/mol. The summed E-state index contributed by atoms with van der Waals surface area (Å²) in [5, 5.41) is 9.77. The van der Waals surface area contributed by atoms with Gasteiger partial charge in [0.25, 0.3) is 5.91 Å². The van der Waals surface area contributed by atoms with Crippen LogP contribution in [0, 0.1) is 6.92 Å². The highest BCUT2D eigenvalue weighted by Crippen LogP contribution is 2.25. The molecule has 0 bridgehead atoms. The number of benzene rings is 1. The summed E-state index contributed by atoms with van der Waals surface area (Å²) in [6.45, 7) is 2.32. The minimum absolute atomic E-state index is 0.0843. The first-order valence-corrected chi connectivity index (χ1v) is 9.26. The van der Waals surface area contributed by atoms with E-state index in [1.165, 1.54) is 11.8 Å². The minimum Gasteiger partial charge on any atom is -0.352 e. The predicted octanol–water partition coefficient (Wildman–Crippen LogP) is 3.10. The highest BCUT2D eigenvalue weighted by molar-refractivity contribution is 7.98. The standard InChI is InChI=1S/C16H16N4O2S2/c1-11-19-14(20-22-11)10-24-13-5-3-2-4-12(13)16(21)18-7-6-15-17-8-9-23-15/h2-5,8-9H,6-7,10H2,1H3,(H,18,21). The van der Waals surface area contributed by atoms with Gasteiger partial charge in [-0.3, -0.25) is 4.79 Å². The molecule has 0 aliphatic carbocycles. The average Bonchev–Trinajstić information content (AvgIpc) is 3.25. The van der Waals surface area contributed by atoms with Crippen LogP contribution in [0.15, 0.2) is 45.3 Å². The number of hydrogen-bond acceptors (Lipinski definition) is 7. The molecule has 0 unspecified atom stereocenters. The summed E-state index contributed by atoms with van der Waals surface area (Å²) in [6, 6.07) is 7.52. The summed E-state index contributed by atoms with van der Waals surface area (Å²) in [4.78, 5) is 21.7. The van der Waals surface area contributed by atoms with Gasteiger partial charge in [0.15, 0.2) is 5.82 Å². The molecule has 0 radical (unpaired) electrons. The monoisotopic (exact) mass is 360 g/mol. The zero-order valence-electron chi connectivity index (χ0n) is 13.1. The third-order valence-electron chi connectivity index (χ3n) is 3.17. The van der Waals surface area contributed by atoms with Gasteiger partial charge in [-0.2, -0.15) is 4.98 Å². The van der Waals surface area contributed by atoms with Crippen molar-refractivity contribution in [2.24, 2.45) is 0 Å². The maximum atomic E-state index is 12.4. The Bertz CT molecular complexity index is 802. The van der Waals surface area contributed by atoms with E-state index in [0.717, 1.165) is 16.3 Å². The maximum absolute atomic E-state index is 12.4. The van der Waals surface area contributed by atoms with Crippen LogP contribution in [-0.4, -0.2) is 27.6 Å². The fourth-order valence-electron chi connectivity index (χ4n) is 2.08. The number of nitrogens with zero attached hydrogens (tertiary/aromatic N) is 3. The largest absolute Gasteiger partial charge is 0.352 e. The minimum atomic E-state index is -0.0843. The van der Waals surface area contributed by atoms with Gasteiger partial charge in [-0.25, -0.2) is 4.98 Å². The zero-order valence-corrected chi connectivity index (χ0v) is 14.7. The van der Waals surface area contributed by atoms with Crippen LogP contribution in [0.5, 0.6) is 0 Å². The van der Waals surface area contributed by atoms with Crippen molar-refractivity contribution in [1.29, 1.82) is 0 Å². The maximum Gasteiger partial charge on any atom is 0.252 e. The zero-order chi connectivity index (χ0) is 16.8. The van der Waals surface area contributed by atoms with Crippen molar-refractivity contribution in [1.82, 2.24) is 20.4 Å². The van der Waals surface area contributed by atoms with Crippen molar-refractivity contribution in [3.63, 3.8) is 0 Å². The molecule has 1 amide bonds. The van der Waals surface area contributed by atoms with Crippen LogP contribution in [0.2, 0.25) is 0 Å². The highest BCUT2D eigenvalue weighted by atomic mass is 32.2. The second-order valence-corrected chi connectivity index (χ2v) is 6.94. The van der Waals surface area contributed by atoms with Crippen molar-refractivity contribution in [3.8, 4) is 0 Å². The Morgan fingerprint density at radius 1 is 1.38 bits per heavy atom. The molecule has 1 N–H and O–H groups in total. The number of amides is 1. The third-order valence-corrected chi connectivity index (χ3v) is 5.07. The molecule has 6 nitrogen and oxygen atoms in total. The van der Waals surface area contributed by atoms with E-state index in [9.17, 15) is 4.79 Å². The molecular weight excluding hydrogens is 344 g/mol. The molecule has 2 aromatic heterocycles. The lowest BCUT2D eigenvalue weighted by molar-refractivity contribution is 0.0951. The molecule has 0 aliphatic heterocycles. The molecular formula is C16H16N4O2S2. The lowest BCUT2D eigenvalue weighted by Gasteiger charge is -2.08. The van der Waals surface area contributed by atoms with E-state index >= 15 is 0 Å². The van der Waals surface area contributed by atoms with Gasteiger partial charge in [-0.05, 0) is 12.1 Å². The smallest absolute Gasteiger partial charge is 0.252 e. The van der Waals surface area contributed by atoms with E-state index in [1.807, 2.05) is 29.6 Å². The Balaban J connectivity index is 1.59. The number of nitrogens with one attached hydrogen (secondary N) is 1. The van der Waals surface area contributed by atoms with Crippen LogP contribution in [-0.2, 0) is 12.2 Å². The summed E-state index contributed by atoms with van der Waals surface area (Å²) in [6.07, 6.45) is 2.51. The fourth-order valence-corrected chi connectivity index (χ4v) is 3.59. The SMILES string of the molecule is Cc1nc(CSc2ccccc2C(=O)NCCc2nccs2)no1. The van der Waals surface area contributed by atoms with E-state index in [0.29, 0.717) is 29.6 Å². The quantitative estimate of drug-likeness (QED) is 0.652. The molecule has 24 heavy (non-hydrogen) atoms. The van der Waals surface area contributed by atoms with Gasteiger partial charge in [0.2, 0.25) is 5.89 Å². The molecule has 3 rings (SSSR count). The number of thioether (sulfide) groups is 1. The van der Waals surface area contributed by atoms with Crippen molar-refractivity contribution in [2.75, 3.05) is 6.54 Å². The van der Waals surface area contributed by atoms with Crippen LogP contribution in [0.1, 0.15) is 27.1 Å². The van der Waals surface area contributed by atoms with Crippen molar-refractivity contribution >= 4 is 29.0 Å². The number of aromatic nitrogens is 3. The number of carbonyl (C=O) groups excluding carboxylic acids is 1. The van der Waals surface area contributed by atoms with E-state index in [1.54, 1.807) is 24.5 Å². The molecule has 0 aliphatic rings. The number of rotatable bonds is 7. The summed E-state index contributed by atoms with van der Waals surface area (Å²) in [7, 11) is 0. The van der Waals surface area contributed by atoms with Gasteiger partial charge >= 0.3 is 0 Å². The molecule has 8 heteroatoms. The third kappa shape index (κ3) is 4.42. The molecule has 1 aromatic carbocycles. The van der Waals surface area contributed by atoms with Crippen molar-refractivity contribution < 1.29 is 9.32 Å².